The number of thioether (sulfide) groups is 2. The number of halogens is 1. The molecule has 1 aromatic heterocycles. The number of hydrogen-bond acceptors (Lipinski definition) is 7. The van der Waals surface area contributed by atoms with Gasteiger partial charge >= 0.3 is 0 Å². The molecule has 3 rings (SSSR count). The summed E-state index contributed by atoms with van der Waals surface area (Å²) in [5.41, 5.74) is 4.66. The van der Waals surface area contributed by atoms with Crippen molar-refractivity contribution in [3.8, 4) is 0 Å². The molecule has 1 heterocycles. The van der Waals surface area contributed by atoms with Crippen molar-refractivity contribution in [1.29, 1.82) is 0 Å². The number of carbonyl (C=O) groups excluding carboxylic acids is 1. The van der Waals surface area contributed by atoms with Crippen LogP contribution >= 0.6 is 46.5 Å². The summed E-state index contributed by atoms with van der Waals surface area (Å²) in [6.07, 6.45) is 3.17. The van der Waals surface area contributed by atoms with Gasteiger partial charge in [0.25, 0.3) is 5.91 Å². The molecule has 0 fully saturated rings. The summed E-state index contributed by atoms with van der Waals surface area (Å²) in [7, 11) is 0. The van der Waals surface area contributed by atoms with Gasteiger partial charge in [-0.15, -0.1) is 10.2 Å². The number of carbonyl (C=O) groups is 1. The number of rotatable bonds is 9. The average molecular weight is 461 g/mol. The summed E-state index contributed by atoms with van der Waals surface area (Å²) in [5.74, 6) is 0.811. The van der Waals surface area contributed by atoms with E-state index in [1.54, 1.807) is 17.8 Å². The summed E-state index contributed by atoms with van der Waals surface area (Å²) in [5, 5.41) is 12.6. The fraction of sp³-hybridized carbons (Fsp3) is 0.100. The van der Waals surface area contributed by atoms with Crippen LogP contribution < -0.4 is 5.43 Å². The summed E-state index contributed by atoms with van der Waals surface area (Å²) < 4.78 is 1.63. The van der Waals surface area contributed by atoms with Crippen molar-refractivity contribution in [2.24, 2.45) is 5.10 Å². The third kappa shape index (κ3) is 8.02. The van der Waals surface area contributed by atoms with E-state index in [0.717, 1.165) is 20.0 Å². The van der Waals surface area contributed by atoms with Gasteiger partial charge in [-0.2, -0.15) is 5.10 Å². The largest absolute Gasteiger partial charge is 0.272 e. The molecule has 0 radical (unpaired) electrons. The molecule has 0 atom stereocenters. The van der Waals surface area contributed by atoms with Crippen LogP contribution in [0.1, 0.15) is 11.1 Å². The zero-order valence-electron chi connectivity index (χ0n) is 15.2. The fourth-order valence-electron chi connectivity index (χ4n) is 2.10. The SMILES string of the molecule is O=C(CSc1nnc(SCc2ccccc2)s1)N/N=C\C(Cl)=C\c1ccccc1. The lowest BCUT2D eigenvalue weighted by Gasteiger charge is -1.97. The average Bonchev–Trinajstić information content (AvgIpc) is 3.20. The third-order valence-electron chi connectivity index (χ3n) is 3.40. The first-order chi connectivity index (χ1) is 14.2. The Bertz CT molecular complexity index is 978. The minimum Gasteiger partial charge on any atom is -0.272 e. The number of amides is 1. The van der Waals surface area contributed by atoms with Crippen LogP contribution in [0.3, 0.4) is 0 Å². The van der Waals surface area contributed by atoms with Crippen LogP contribution in [-0.2, 0) is 10.5 Å². The van der Waals surface area contributed by atoms with Gasteiger partial charge in [0, 0.05) is 5.75 Å². The van der Waals surface area contributed by atoms with Crippen LogP contribution in [0.2, 0.25) is 0 Å². The highest BCUT2D eigenvalue weighted by atomic mass is 35.5. The minimum atomic E-state index is -0.232. The normalized spacial score (nSPS) is 11.7. The standard InChI is InChI=1S/C20H17ClN4OS3/c21-17(11-15-7-3-1-4-8-15)12-22-23-18(26)14-28-20-25-24-19(29-20)27-13-16-9-5-2-6-10-16/h1-12H,13-14H2,(H,23,26)/b17-11-,22-12-. The highest BCUT2D eigenvalue weighted by Crippen LogP contribution is 2.30. The van der Waals surface area contributed by atoms with Crippen LogP contribution in [0, 0.1) is 0 Å². The van der Waals surface area contributed by atoms with Gasteiger partial charge in [-0.05, 0) is 17.2 Å². The van der Waals surface area contributed by atoms with Crippen LogP contribution in [0.15, 0.2) is 79.5 Å². The van der Waals surface area contributed by atoms with E-state index in [4.69, 9.17) is 11.6 Å². The summed E-state index contributed by atoms with van der Waals surface area (Å²) in [6, 6.07) is 19.8. The second-order valence-electron chi connectivity index (χ2n) is 5.63. The van der Waals surface area contributed by atoms with Gasteiger partial charge in [0.1, 0.15) is 0 Å². The number of nitrogens with zero attached hydrogens (tertiary/aromatic N) is 3. The molecule has 2 aromatic carbocycles. The van der Waals surface area contributed by atoms with Crippen LogP contribution in [0.4, 0.5) is 0 Å². The quantitative estimate of drug-likeness (QED) is 0.266. The van der Waals surface area contributed by atoms with Crippen molar-refractivity contribution in [2.45, 2.75) is 14.4 Å². The Kier molecular flexibility index (Phi) is 8.76. The van der Waals surface area contributed by atoms with E-state index in [1.165, 1.54) is 34.9 Å². The van der Waals surface area contributed by atoms with Gasteiger partial charge in [-0.3, -0.25) is 4.79 Å². The molecule has 0 bridgehead atoms. The maximum atomic E-state index is 11.9. The van der Waals surface area contributed by atoms with E-state index in [-0.39, 0.29) is 11.7 Å². The molecular weight excluding hydrogens is 444 g/mol. The van der Waals surface area contributed by atoms with E-state index in [0.29, 0.717) is 5.03 Å². The van der Waals surface area contributed by atoms with E-state index >= 15 is 0 Å². The molecule has 0 saturated heterocycles. The van der Waals surface area contributed by atoms with Crippen molar-refractivity contribution >= 4 is 64.7 Å². The monoisotopic (exact) mass is 460 g/mol. The maximum absolute atomic E-state index is 11.9. The maximum Gasteiger partial charge on any atom is 0.250 e. The molecule has 29 heavy (non-hydrogen) atoms. The molecule has 9 heteroatoms. The lowest BCUT2D eigenvalue weighted by molar-refractivity contribution is -0.118. The Balaban J connectivity index is 1.39. The van der Waals surface area contributed by atoms with Crippen LogP contribution in [0.5, 0.6) is 0 Å². The molecule has 0 saturated carbocycles. The zero-order chi connectivity index (χ0) is 20.3. The van der Waals surface area contributed by atoms with Crippen LogP contribution in [-0.4, -0.2) is 28.1 Å². The molecule has 1 N–H and O–H groups in total. The highest BCUT2D eigenvalue weighted by Gasteiger charge is 2.08. The number of benzene rings is 2. The molecule has 1 amide bonds. The summed E-state index contributed by atoms with van der Waals surface area (Å²) in [6.45, 7) is 0. The highest BCUT2D eigenvalue weighted by molar-refractivity contribution is 8.03. The van der Waals surface area contributed by atoms with E-state index in [9.17, 15) is 4.79 Å². The number of hydrazone groups is 1. The van der Waals surface area contributed by atoms with E-state index < -0.39 is 0 Å². The Morgan fingerprint density at radius 1 is 1.03 bits per heavy atom. The van der Waals surface area contributed by atoms with Gasteiger partial charge in [-0.25, -0.2) is 5.43 Å². The molecule has 0 unspecified atom stereocenters. The smallest absolute Gasteiger partial charge is 0.250 e. The van der Waals surface area contributed by atoms with Gasteiger partial charge in [0.2, 0.25) is 0 Å². The van der Waals surface area contributed by atoms with Crippen molar-refractivity contribution in [2.75, 3.05) is 5.75 Å². The Labute approximate surface area is 186 Å². The third-order valence-corrected chi connectivity index (χ3v) is 6.87. The minimum absolute atomic E-state index is 0.204. The number of hydrogen-bond donors (Lipinski definition) is 1. The van der Waals surface area contributed by atoms with Crippen molar-refractivity contribution in [3.63, 3.8) is 0 Å². The first kappa shape index (κ1) is 21.6. The Morgan fingerprint density at radius 2 is 1.69 bits per heavy atom. The molecule has 0 spiro atoms. The van der Waals surface area contributed by atoms with Crippen LogP contribution in [0.25, 0.3) is 6.08 Å². The topological polar surface area (TPSA) is 67.2 Å². The first-order valence-corrected chi connectivity index (χ1v) is 11.7. The molecule has 0 aliphatic carbocycles. The van der Waals surface area contributed by atoms with Gasteiger partial charge < -0.3 is 0 Å². The van der Waals surface area contributed by atoms with Gasteiger partial charge in [0.05, 0.1) is 17.0 Å². The van der Waals surface area contributed by atoms with Gasteiger partial charge in [-0.1, -0.05) is 107 Å². The second-order valence-corrected chi connectivity index (χ2v) is 9.49. The Morgan fingerprint density at radius 3 is 2.41 bits per heavy atom. The predicted octanol–water partition coefficient (Wildman–Crippen LogP) is 5.30. The van der Waals surface area contributed by atoms with Gasteiger partial charge in [0.15, 0.2) is 8.68 Å². The molecule has 0 aliphatic heterocycles. The first-order valence-electron chi connectivity index (χ1n) is 8.56. The Hall–Kier alpha value is -2.13. The summed E-state index contributed by atoms with van der Waals surface area (Å²) >= 11 is 10.5. The lowest BCUT2D eigenvalue weighted by atomic mass is 10.2. The lowest BCUT2D eigenvalue weighted by Crippen LogP contribution is -2.19. The number of nitrogens with one attached hydrogen (secondary N) is 1. The molecule has 0 aliphatic rings. The van der Waals surface area contributed by atoms with E-state index in [1.807, 2.05) is 48.5 Å². The molecule has 148 valence electrons. The molecule has 5 nitrogen and oxygen atoms in total. The number of aromatic nitrogens is 2. The zero-order valence-corrected chi connectivity index (χ0v) is 18.4. The van der Waals surface area contributed by atoms with Crippen molar-refractivity contribution in [1.82, 2.24) is 15.6 Å². The second kappa shape index (κ2) is 11.8. The molecule has 3 aromatic rings. The van der Waals surface area contributed by atoms with Crippen molar-refractivity contribution in [3.05, 3.63) is 76.8 Å². The van der Waals surface area contributed by atoms with E-state index in [2.05, 4.69) is 32.9 Å². The fourth-order valence-corrected chi connectivity index (χ4v) is 5.05. The van der Waals surface area contributed by atoms with Crippen molar-refractivity contribution < 1.29 is 4.79 Å². The predicted molar refractivity (Wildman–Crippen MR) is 124 cm³/mol. The number of allylic oxidation sites excluding steroid dienone is 1. The molecular formula is C20H17ClN4OS3. The summed E-state index contributed by atoms with van der Waals surface area (Å²) in [4.78, 5) is 11.9.